The summed E-state index contributed by atoms with van der Waals surface area (Å²) in [6, 6.07) is 7.57. The SMILES string of the molecule is COc1ccc(C(O)CNCCN2CCCC2)cc1. The topological polar surface area (TPSA) is 44.7 Å². The first-order valence-corrected chi connectivity index (χ1v) is 7.04. The Kier molecular flexibility index (Phi) is 5.63. The van der Waals surface area contributed by atoms with Crippen LogP contribution < -0.4 is 10.1 Å². The summed E-state index contributed by atoms with van der Waals surface area (Å²) in [5, 5.41) is 13.4. The highest BCUT2D eigenvalue weighted by molar-refractivity contribution is 5.28. The molecule has 0 radical (unpaired) electrons. The maximum Gasteiger partial charge on any atom is 0.118 e. The van der Waals surface area contributed by atoms with Crippen molar-refractivity contribution >= 4 is 0 Å². The van der Waals surface area contributed by atoms with Crippen molar-refractivity contribution in [1.29, 1.82) is 0 Å². The van der Waals surface area contributed by atoms with Gasteiger partial charge in [0.05, 0.1) is 13.2 Å². The van der Waals surface area contributed by atoms with Crippen molar-refractivity contribution in [2.24, 2.45) is 0 Å². The second-order valence-corrected chi connectivity index (χ2v) is 5.04. The van der Waals surface area contributed by atoms with E-state index in [0.717, 1.165) is 24.4 Å². The number of likely N-dealkylation sites (tertiary alicyclic amines) is 1. The Morgan fingerprint density at radius 3 is 2.58 bits per heavy atom. The first kappa shape index (κ1) is 14.3. The molecule has 1 fully saturated rings. The van der Waals surface area contributed by atoms with Crippen LogP contribution in [0.3, 0.4) is 0 Å². The molecule has 0 spiro atoms. The average Bonchev–Trinajstić information content (AvgIpc) is 2.96. The number of ether oxygens (including phenoxy) is 1. The summed E-state index contributed by atoms with van der Waals surface area (Å²) in [6.07, 6.45) is 2.20. The lowest BCUT2D eigenvalue weighted by Crippen LogP contribution is -2.32. The van der Waals surface area contributed by atoms with Crippen LogP contribution in [-0.4, -0.2) is 49.8 Å². The lowest BCUT2D eigenvalue weighted by molar-refractivity contribution is 0.173. The molecule has 19 heavy (non-hydrogen) atoms. The summed E-state index contributed by atoms with van der Waals surface area (Å²) in [6.45, 7) is 5.06. The van der Waals surface area contributed by atoms with Gasteiger partial charge < -0.3 is 20.1 Å². The number of rotatable bonds is 7. The van der Waals surface area contributed by atoms with Gasteiger partial charge in [-0.2, -0.15) is 0 Å². The Morgan fingerprint density at radius 2 is 1.95 bits per heavy atom. The van der Waals surface area contributed by atoms with Gasteiger partial charge in [-0.15, -0.1) is 0 Å². The van der Waals surface area contributed by atoms with E-state index >= 15 is 0 Å². The van der Waals surface area contributed by atoms with Gasteiger partial charge in [0.25, 0.3) is 0 Å². The molecule has 1 aliphatic rings. The van der Waals surface area contributed by atoms with E-state index < -0.39 is 6.10 Å². The fourth-order valence-electron chi connectivity index (χ4n) is 2.43. The molecule has 106 valence electrons. The maximum atomic E-state index is 10.1. The monoisotopic (exact) mass is 264 g/mol. The van der Waals surface area contributed by atoms with E-state index in [1.165, 1.54) is 25.9 Å². The molecule has 1 aromatic carbocycles. The fraction of sp³-hybridized carbons (Fsp3) is 0.600. The first-order valence-electron chi connectivity index (χ1n) is 7.04. The molecule has 1 saturated heterocycles. The molecule has 1 heterocycles. The second kappa shape index (κ2) is 7.48. The van der Waals surface area contributed by atoms with Gasteiger partial charge in [0, 0.05) is 19.6 Å². The van der Waals surface area contributed by atoms with E-state index in [9.17, 15) is 5.11 Å². The zero-order valence-electron chi connectivity index (χ0n) is 11.6. The average molecular weight is 264 g/mol. The standard InChI is InChI=1S/C15H24N2O2/c1-19-14-6-4-13(5-7-14)15(18)12-16-8-11-17-9-2-3-10-17/h4-7,15-16,18H,2-3,8-12H2,1H3. The summed E-state index contributed by atoms with van der Waals surface area (Å²) < 4.78 is 5.10. The van der Waals surface area contributed by atoms with Gasteiger partial charge in [0.15, 0.2) is 0 Å². The number of nitrogens with zero attached hydrogens (tertiary/aromatic N) is 1. The second-order valence-electron chi connectivity index (χ2n) is 5.04. The number of nitrogens with one attached hydrogen (secondary N) is 1. The summed E-state index contributed by atoms with van der Waals surface area (Å²) in [7, 11) is 1.64. The van der Waals surface area contributed by atoms with Crippen molar-refractivity contribution in [3.63, 3.8) is 0 Å². The lowest BCUT2D eigenvalue weighted by Gasteiger charge is -2.16. The quantitative estimate of drug-likeness (QED) is 0.731. The van der Waals surface area contributed by atoms with Crippen molar-refractivity contribution in [3.05, 3.63) is 29.8 Å². The smallest absolute Gasteiger partial charge is 0.118 e. The van der Waals surface area contributed by atoms with Crippen LogP contribution in [0.2, 0.25) is 0 Å². The van der Waals surface area contributed by atoms with Gasteiger partial charge in [0.1, 0.15) is 5.75 Å². The third-order valence-electron chi connectivity index (χ3n) is 3.64. The van der Waals surface area contributed by atoms with Gasteiger partial charge >= 0.3 is 0 Å². The molecule has 1 aromatic rings. The van der Waals surface area contributed by atoms with E-state index in [0.29, 0.717) is 6.54 Å². The van der Waals surface area contributed by atoms with Crippen LogP contribution in [-0.2, 0) is 0 Å². The largest absolute Gasteiger partial charge is 0.497 e. The van der Waals surface area contributed by atoms with E-state index in [1.54, 1.807) is 7.11 Å². The van der Waals surface area contributed by atoms with Crippen molar-refractivity contribution < 1.29 is 9.84 Å². The van der Waals surface area contributed by atoms with Crippen LogP contribution in [0.1, 0.15) is 24.5 Å². The van der Waals surface area contributed by atoms with Crippen LogP contribution in [0.15, 0.2) is 24.3 Å². The van der Waals surface area contributed by atoms with Crippen molar-refractivity contribution in [3.8, 4) is 5.75 Å². The molecule has 4 heteroatoms. The third kappa shape index (κ3) is 4.49. The zero-order valence-corrected chi connectivity index (χ0v) is 11.6. The van der Waals surface area contributed by atoms with Gasteiger partial charge in [-0.1, -0.05) is 12.1 Å². The van der Waals surface area contributed by atoms with Crippen molar-refractivity contribution in [2.45, 2.75) is 18.9 Å². The van der Waals surface area contributed by atoms with E-state index in [-0.39, 0.29) is 0 Å². The summed E-state index contributed by atoms with van der Waals surface area (Å²) in [5.74, 6) is 0.818. The molecule has 2 N–H and O–H groups in total. The Bertz CT molecular complexity index is 361. The zero-order chi connectivity index (χ0) is 13.5. The molecule has 1 aliphatic heterocycles. The van der Waals surface area contributed by atoms with Crippen LogP contribution in [0, 0.1) is 0 Å². The number of methoxy groups -OCH3 is 1. The number of hydrogen-bond donors (Lipinski definition) is 2. The fourth-order valence-corrected chi connectivity index (χ4v) is 2.43. The van der Waals surface area contributed by atoms with E-state index in [2.05, 4.69) is 10.2 Å². The number of aliphatic hydroxyl groups excluding tert-OH is 1. The highest BCUT2D eigenvalue weighted by Crippen LogP contribution is 2.16. The lowest BCUT2D eigenvalue weighted by atomic mass is 10.1. The summed E-state index contributed by atoms with van der Waals surface area (Å²) >= 11 is 0. The third-order valence-corrected chi connectivity index (χ3v) is 3.64. The first-order chi connectivity index (χ1) is 9.29. The van der Waals surface area contributed by atoms with E-state index in [4.69, 9.17) is 4.74 Å². The molecule has 1 atom stereocenters. The molecule has 2 rings (SSSR count). The molecule has 0 aromatic heterocycles. The van der Waals surface area contributed by atoms with Gasteiger partial charge in [-0.25, -0.2) is 0 Å². The molecule has 1 unspecified atom stereocenters. The molecule has 4 nitrogen and oxygen atoms in total. The van der Waals surface area contributed by atoms with Crippen molar-refractivity contribution in [1.82, 2.24) is 10.2 Å². The van der Waals surface area contributed by atoms with Gasteiger partial charge in [0.2, 0.25) is 0 Å². The number of hydrogen-bond acceptors (Lipinski definition) is 4. The minimum atomic E-state index is -0.454. The van der Waals surface area contributed by atoms with Gasteiger partial charge in [-0.05, 0) is 43.6 Å². The Balaban J connectivity index is 1.66. The molecular weight excluding hydrogens is 240 g/mol. The summed E-state index contributed by atoms with van der Waals surface area (Å²) in [5.41, 5.74) is 0.925. The maximum absolute atomic E-state index is 10.1. The van der Waals surface area contributed by atoms with Crippen molar-refractivity contribution in [2.75, 3.05) is 39.8 Å². The molecule has 0 bridgehead atoms. The van der Waals surface area contributed by atoms with E-state index in [1.807, 2.05) is 24.3 Å². The number of aliphatic hydroxyl groups is 1. The normalized spacial score (nSPS) is 17.6. The summed E-state index contributed by atoms with van der Waals surface area (Å²) in [4.78, 5) is 2.47. The Labute approximate surface area is 115 Å². The predicted octanol–water partition coefficient (Wildman–Crippen LogP) is 1.41. The molecular formula is C15H24N2O2. The van der Waals surface area contributed by atoms with Crippen LogP contribution in [0.4, 0.5) is 0 Å². The van der Waals surface area contributed by atoms with Crippen LogP contribution >= 0.6 is 0 Å². The Morgan fingerprint density at radius 1 is 1.26 bits per heavy atom. The van der Waals surface area contributed by atoms with Gasteiger partial charge in [-0.3, -0.25) is 0 Å². The number of benzene rings is 1. The van der Waals surface area contributed by atoms with Crippen LogP contribution in [0.25, 0.3) is 0 Å². The Hall–Kier alpha value is -1.10. The minimum Gasteiger partial charge on any atom is -0.497 e. The molecule has 0 saturated carbocycles. The predicted molar refractivity (Wildman–Crippen MR) is 76.5 cm³/mol. The highest BCUT2D eigenvalue weighted by Gasteiger charge is 2.11. The highest BCUT2D eigenvalue weighted by atomic mass is 16.5. The minimum absolute atomic E-state index is 0.454. The molecule has 0 amide bonds. The van der Waals surface area contributed by atoms with Crippen LogP contribution in [0.5, 0.6) is 5.75 Å². The molecule has 0 aliphatic carbocycles.